The standard InChI is InChI=1S/C18H27Cl2N/c1-13-7-9-18(10-8-13,12-21-17(2,3)4)15-6-5-14(19)11-16(15)20/h5-6,11,13,21H,7-10,12H2,1-4H3. The molecule has 1 aliphatic rings. The Morgan fingerprint density at radius 1 is 1.19 bits per heavy atom. The van der Waals surface area contributed by atoms with E-state index < -0.39 is 0 Å². The highest BCUT2D eigenvalue weighted by Crippen LogP contribution is 2.44. The van der Waals surface area contributed by atoms with Crippen molar-refractivity contribution in [2.24, 2.45) is 5.92 Å². The van der Waals surface area contributed by atoms with Gasteiger partial charge in [0.2, 0.25) is 0 Å². The smallest absolute Gasteiger partial charge is 0.0458 e. The zero-order valence-electron chi connectivity index (χ0n) is 13.6. The minimum Gasteiger partial charge on any atom is -0.311 e. The Hall–Kier alpha value is -0.240. The lowest BCUT2D eigenvalue weighted by Crippen LogP contribution is -2.47. The normalized spacial score (nSPS) is 26.9. The van der Waals surface area contributed by atoms with Gasteiger partial charge in [-0.15, -0.1) is 0 Å². The van der Waals surface area contributed by atoms with Gasteiger partial charge in [-0.3, -0.25) is 0 Å². The Morgan fingerprint density at radius 2 is 1.81 bits per heavy atom. The zero-order valence-corrected chi connectivity index (χ0v) is 15.1. The quantitative estimate of drug-likeness (QED) is 0.736. The van der Waals surface area contributed by atoms with Crippen molar-refractivity contribution in [2.45, 2.75) is 64.3 Å². The summed E-state index contributed by atoms with van der Waals surface area (Å²) in [4.78, 5) is 0. The van der Waals surface area contributed by atoms with Crippen LogP contribution in [-0.4, -0.2) is 12.1 Å². The van der Waals surface area contributed by atoms with E-state index >= 15 is 0 Å². The fraction of sp³-hybridized carbons (Fsp3) is 0.667. The first-order valence-electron chi connectivity index (χ1n) is 7.92. The molecule has 1 fully saturated rings. The van der Waals surface area contributed by atoms with Gasteiger partial charge in [-0.2, -0.15) is 0 Å². The average molecular weight is 328 g/mol. The topological polar surface area (TPSA) is 12.0 Å². The second-order valence-electron chi connectivity index (χ2n) is 7.69. The number of benzene rings is 1. The third-order valence-electron chi connectivity index (χ3n) is 4.69. The van der Waals surface area contributed by atoms with Crippen LogP contribution in [0.3, 0.4) is 0 Å². The van der Waals surface area contributed by atoms with Crippen LogP contribution in [0.1, 0.15) is 58.9 Å². The molecule has 0 heterocycles. The van der Waals surface area contributed by atoms with Crippen LogP contribution < -0.4 is 5.32 Å². The molecule has 0 amide bonds. The van der Waals surface area contributed by atoms with E-state index in [1.807, 2.05) is 12.1 Å². The van der Waals surface area contributed by atoms with Crippen molar-refractivity contribution in [2.75, 3.05) is 6.54 Å². The molecule has 0 spiro atoms. The molecule has 1 aliphatic carbocycles. The Kier molecular flexibility index (Phi) is 5.28. The molecule has 21 heavy (non-hydrogen) atoms. The van der Waals surface area contributed by atoms with Crippen LogP contribution in [0.15, 0.2) is 18.2 Å². The minimum absolute atomic E-state index is 0.120. The van der Waals surface area contributed by atoms with Crippen LogP contribution in [0.5, 0.6) is 0 Å². The van der Waals surface area contributed by atoms with Gasteiger partial charge >= 0.3 is 0 Å². The second-order valence-corrected chi connectivity index (χ2v) is 8.53. The molecule has 1 aromatic carbocycles. The third kappa shape index (κ3) is 4.37. The van der Waals surface area contributed by atoms with Gasteiger partial charge in [0.25, 0.3) is 0 Å². The molecule has 0 atom stereocenters. The van der Waals surface area contributed by atoms with Crippen LogP contribution in [0, 0.1) is 5.92 Å². The monoisotopic (exact) mass is 327 g/mol. The number of rotatable bonds is 3. The molecule has 0 bridgehead atoms. The predicted octanol–water partition coefficient (Wildman–Crippen LogP) is 5.83. The number of hydrogen-bond donors (Lipinski definition) is 1. The molecular weight excluding hydrogens is 301 g/mol. The van der Waals surface area contributed by atoms with Crippen LogP contribution in [0.2, 0.25) is 10.0 Å². The summed E-state index contributed by atoms with van der Waals surface area (Å²) in [6.45, 7) is 9.98. The Bertz CT molecular complexity index is 482. The highest BCUT2D eigenvalue weighted by molar-refractivity contribution is 6.35. The van der Waals surface area contributed by atoms with Gasteiger partial charge in [-0.25, -0.2) is 0 Å². The van der Waals surface area contributed by atoms with Gasteiger partial charge in [0.05, 0.1) is 0 Å². The van der Waals surface area contributed by atoms with Gasteiger partial charge < -0.3 is 5.32 Å². The van der Waals surface area contributed by atoms with E-state index in [4.69, 9.17) is 23.2 Å². The van der Waals surface area contributed by atoms with Gasteiger partial charge in [0, 0.05) is 27.5 Å². The molecule has 3 heteroatoms. The van der Waals surface area contributed by atoms with Crippen molar-refractivity contribution >= 4 is 23.2 Å². The largest absolute Gasteiger partial charge is 0.311 e. The van der Waals surface area contributed by atoms with E-state index in [0.717, 1.165) is 17.5 Å². The molecule has 118 valence electrons. The maximum absolute atomic E-state index is 6.53. The van der Waals surface area contributed by atoms with Crippen LogP contribution >= 0.6 is 23.2 Å². The summed E-state index contributed by atoms with van der Waals surface area (Å²) in [5, 5.41) is 5.22. The number of nitrogens with one attached hydrogen (secondary N) is 1. The summed E-state index contributed by atoms with van der Waals surface area (Å²) in [7, 11) is 0. The van der Waals surface area contributed by atoms with Crippen molar-refractivity contribution < 1.29 is 0 Å². The molecule has 1 nitrogen and oxygen atoms in total. The summed E-state index contributed by atoms with van der Waals surface area (Å²) < 4.78 is 0. The number of halogens is 2. The van der Waals surface area contributed by atoms with E-state index in [2.05, 4.69) is 39.1 Å². The Morgan fingerprint density at radius 3 is 2.33 bits per heavy atom. The van der Waals surface area contributed by atoms with Crippen LogP contribution in [0.25, 0.3) is 0 Å². The van der Waals surface area contributed by atoms with Gasteiger partial charge in [0.1, 0.15) is 0 Å². The molecule has 0 radical (unpaired) electrons. The zero-order chi connectivity index (χ0) is 15.7. The van der Waals surface area contributed by atoms with Gasteiger partial charge in [0.15, 0.2) is 0 Å². The SMILES string of the molecule is CC1CCC(CNC(C)(C)C)(c2ccc(Cl)cc2Cl)CC1. The number of hydrogen-bond acceptors (Lipinski definition) is 1. The molecule has 1 aromatic rings. The Labute approximate surface area is 139 Å². The lowest BCUT2D eigenvalue weighted by atomic mass is 9.66. The van der Waals surface area contributed by atoms with E-state index in [-0.39, 0.29) is 11.0 Å². The van der Waals surface area contributed by atoms with E-state index in [1.54, 1.807) is 0 Å². The summed E-state index contributed by atoms with van der Waals surface area (Å²) >= 11 is 12.6. The fourth-order valence-electron chi connectivity index (χ4n) is 3.21. The second kappa shape index (κ2) is 6.48. The first-order valence-corrected chi connectivity index (χ1v) is 8.68. The highest BCUT2D eigenvalue weighted by Gasteiger charge is 2.37. The molecule has 0 aliphatic heterocycles. The average Bonchev–Trinajstić information content (AvgIpc) is 2.38. The molecule has 2 rings (SSSR count). The first kappa shape index (κ1) is 17.1. The van der Waals surface area contributed by atoms with Crippen molar-refractivity contribution in [3.05, 3.63) is 33.8 Å². The molecule has 1 saturated carbocycles. The highest BCUT2D eigenvalue weighted by atomic mass is 35.5. The van der Waals surface area contributed by atoms with Crippen molar-refractivity contribution in [3.8, 4) is 0 Å². The third-order valence-corrected chi connectivity index (χ3v) is 5.24. The van der Waals surface area contributed by atoms with Crippen molar-refractivity contribution in [3.63, 3.8) is 0 Å². The maximum Gasteiger partial charge on any atom is 0.0458 e. The molecule has 0 unspecified atom stereocenters. The summed E-state index contributed by atoms with van der Waals surface area (Å²) in [6, 6.07) is 5.99. The molecule has 1 N–H and O–H groups in total. The summed E-state index contributed by atoms with van der Waals surface area (Å²) in [6.07, 6.45) is 4.92. The molecule has 0 saturated heterocycles. The van der Waals surface area contributed by atoms with E-state index in [1.165, 1.54) is 31.2 Å². The van der Waals surface area contributed by atoms with E-state index in [0.29, 0.717) is 5.02 Å². The summed E-state index contributed by atoms with van der Waals surface area (Å²) in [5.74, 6) is 0.818. The lowest BCUT2D eigenvalue weighted by molar-refractivity contribution is 0.217. The molecular formula is C18H27Cl2N. The molecule has 0 aromatic heterocycles. The van der Waals surface area contributed by atoms with Gasteiger partial charge in [-0.1, -0.05) is 36.2 Å². The van der Waals surface area contributed by atoms with Crippen molar-refractivity contribution in [1.82, 2.24) is 5.32 Å². The van der Waals surface area contributed by atoms with E-state index in [9.17, 15) is 0 Å². The maximum atomic E-state index is 6.53. The van der Waals surface area contributed by atoms with Crippen molar-refractivity contribution in [1.29, 1.82) is 0 Å². The van der Waals surface area contributed by atoms with Crippen LogP contribution in [-0.2, 0) is 5.41 Å². The predicted molar refractivity (Wildman–Crippen MR) is 93.5 cm³/mol. The van der Waals surface area contributed by atoms with Crippen LogP contribution in [0.4, 0.5) is 0 Å². The fourth-order valence-corrected chi connectivity index (χ4v) is 3.82. The summed E-state index contributed by atoms with van der Waals surface area (Å²) in [5.41, 5.74) is 1.52. The van der Waals surface area contributed by atoms with Gasteiger partial charge in [-0.05, 0) is 70.1 Å². The first-order chi connectivity index (χ1) is 9.72. The Balaban J connectivity index is 2.31. The minimum atomic E-state index is 0.120. The lowest BCUT2D eigenvalue weighted by Gasteiger charge is -2.42.